The zero-order chi connectivity index (χ0) is 24.3. The van der Waals surface area contributed by atoms with E-state index in [9.17, 15) is 22.4 Å². The highest BCUT2D eigenvalue weighted by Crippen LogP contribution is 2.33. The Bertz CT molecular complexity index is 977. The number of hydrogen-bond donors (Lipinski definition) is 1. The molecule has 2 saturated heterocycles. The average molecular weight is 479 g/mol. The first-order valence-electron chi connectivity index (χ1n) is 11.7. The molecule has 2 fully saturated rings. The lowest BCUT2D eigenvalue weighted by atomic mass is 9.87. The number of benzene rings is 2. The van der Waals surface area contributed by atoms with Gasteiger partial charge in [0.2, 0.25) is 0 Å². The lowest BCUT2D eigenvalue weighted by Gasteiger charge is -2.43. The van der Waals surface area contributed by atoms with Crippen molar-refractivity contribution in [1.82, 2.24) is 10.2 Å². The van der Waals surface area contributed by atoms with Gasteiger partial charge >= 0.3 is 6.18 Å². The standard InChI is InChI=1S/C26H30F4N2O2/c1-25(24(33)31-16-18-3-2-4-21(15-18)26(28,29)30)12-9-23(17-34-25)32-13-10-20(11-14-32)19-5-7-22(27)8-6-19/h2-8,15,20,23H,9-14,16-17H2,1H3,(H,31,33)/t23-,25?/m1/s1. The smallest absolute Gasteiger partial charge is 0.364 e. The number of nitrogens with one attached hydrogen (secondary N) is 1. The van der Waals surface area contributed by atoms with E-state index in [0.717, 1.165) is 44.5 Å². The van der Waals surface area contributed by atoms with Crippen molar-refractivity contribution < 1.29 is 27.1 Å². The van der Waals surface area contributed by atoms with Crippen molar-refractivity contribution in [3.63, 3.8) is 0 Å². The Kier molecular flexibility index (Phi) is 7.28. The Morgan fingerprint density at radius 2 is 1.82 bits per heavy atom. The highest BCUT2D eigenvalue weighted by Gasteiger charge is 2.40. The molecule has 2 aromatic carbocycles. The molecule has 0 aliphatic carbocycles. The van der Waals surface area contributed by atoms with Crippen LogP contribution < -0.4 is 5.32 Å². The second kappa shape index (κ2) is 10.0. The summed E-state index contributed by atoms with van der Waals surface area (Å²) in [4.78, 5) is 15.2. The Balaban J connectivity index is 1.25. The third-order valence-electron chi connectivity index (χ3n) is 7.12. The van der Waals surface area contributed by atoms with Gasteiger partial charge in [-0.1, -0.05) is 24.3 Å². The molecule has 2 aliphatic heterocycles. The number of halogens is 4. The van der Waals surface area contributed by atoms with E-state index in [1.807, 2.05) is 12.1 Å². The van der Waals surface area contributed by atoms with Gasteiger partial charge in [0.05, 0.1) is 12.2 Å². The molecular weight excluding hydrogens is 448 g/mol. The minimum absolute atomic E-state index is 0.0159. The highest BCUT2D eigenvalue weighted by molar-refractivity contribution is 5.84. The third kappa shape index (κ3) is 5.78. The van der Waals surface area contributed by atoms with Crippen LogP contribution in [0.5, 0.6) is 0 Å². The molecule has 34 heavy (non-hydrogen) atoms. The van der Waals surface area contributed by atoms with Crippen molar-refractivity contribution >= 4 is 5.91 Å². The zero-order valence-electron chi connectivity index (χ0n) is 19.2. The van der Waals surface area contributed by atoms with Gasteiger partial charge in [-0.2, -0.15) is 13.2 Å². The predicted octanol–water partition coefficient (Wildman–Crippen LogP) is 5.28. The minimum Gasteiger partial charge on any atom is -0.364 e. The number of hydrogen-bond acceptors (Lipinski definition) is 3. The fourth-order valence-electron chi connectivity index (χ4n) is 4.90. The van der Waals surface area contributed by atoms with E-state index in [4.69, 9.17) is 4.74 Å². The van der Waals surface area contributed by atoms with Crippen LogP contribution in [0.1, 0.15) is 55.2 Å². The SMILES string of the molecule is CC1(C(=O)NCc2cccc(C(F)(F)F)c2)CC[C@@H](N2CCC(c3ccc(F)cc3)CC2)CO1. The molecule has 4 nitrogen and oxygen atoms in total. The third-order valence-corrected chi connectivity index (χ3v) is 7.12. The van der Waals surface area contributed by atoms with E-state index in [-0.39, 0.29) is 24.3 Å². The fraction of sp³-hybridized carbons (Fsp3) is 0.500. The number of piperidine rings is 1. The van der Waals surface area contributed by atoms with Crippen molar-refractivity contribution in [2.45, 2.75) is 62.9 Å². The molecule has 0 saturated carbocycles. The van der Waals surface area contributed by atoms with Gasteiger partial charge in [-0.15, -0.1) is 0 Å². The molecular formula is C26H30F4N2O2. The van der Waals surface area contributed by atoms with Crippen LogP contribution in [0, 0.1) is 5.82 Å². The second-order valence-corrected chi connectivity index (χ2v) is 9.48. The summed E-state index contributed by atoms with van der Waals surface area (Å²) in [7, 11) is 0. The summed E-state index contributed by atoms with van der Waals surface area (Å²) in [6.07, 6.45) is -1.06. The number of carbonyl (C=O) groups excluding carboxylic acids is 1. The monoisotopic (exact) mass is 478 g/mol. The number of carbonyl (C=O) groups is 1. The van der Waals surface area contributed by atoms with Crippen molar-refractivity contribution in [2.75, 3.05) is 19.7 Å². The van der Waals surface area contributed by atoms with Gasteiger partial charge in [-0.05, 0) is 87.0 Å². The Labute approximate surface area is 197 Å². The highest BCUT2D eigenvalue weighted by atomic mass is 19.4. The number of alkyl halides is 3. The van der Waals surface area contributed by atoms with Crippen LogP contribution in [-0.4, -0.2) is 42.1 Å². The number of ether oxygens (including phenoxy) is 1. The van der Waals surface area contributed by atoms with Crippen LogP contribution in [-0.2, 0) is 22.3 Å². The van der Waals surface area contributed by atoms with E-state index >= 15 is 0 Å². The van der Waals surface area contributed by atoms with Gasteiger partial charge in [0, 0.05) is 12.6 Å². The quantitative estimate of drug-likeness (QED) is 0.595. The van der Waals surface area contributed by atoms with Crippen LogP contribution >= 0.6 is 0 Å². The molecule has 1 amide bonds. The fourth-order valence-corrected chi connectivity index (χ4v) is 4.90. The molecule has 2 aliphatic rings. The van der Waals surface area contributed by atoms with Gasteiger partial charge in [-0.3, -0.25) is 9.69 Å². The first kappa shape index (κ1) is 24.7. The molecule has 4 rings (SSSR count). The summed E-state index contributed by atoms with van der Waals surface area (Å²) in [5.41, 5.74) is -0.161. The molecule has 0 aromatic heterocycles. The molecule has 0 bridgehead atoms. The normalized spacial score (nSPS) is 24.7. The van der Waals surface area contributed by atoms with Crippen LogP contribution in [0.15, 0.2) is 48.5 Å². The molecule has 2 atom stereocenters. The topological polar surface area (TPSA) is 41.6 Å². The Hall–Kier alpha value is -2.45. The second-order valence-electron chi connectivity index (χ2n) is 9.48. The van der Waals surface area contributed by atoms with Crippen molar-refractivity contribution in [3.8, 4) is 0 Å². The van der Waals surface area contributed by atoms with Gasteiger partial charge in [0.1, 0.15) is 11.4 Å². The Morgan fingerprint density at radius 3 is 2.44 bits per heavy atom. The summed E-state index contributed by atoms with van der Waals surface area (Å²) in [5, 5.41) is 2.74. The van der Waals surface area contributed by atoms with Crippen molar-refractivity contribution in [2.24, 2.45) is 0 Å². The van der Waals surface area contributed by atoms with Gasteiger partial charge in [0.25, 0.3) is 5.91 Å². The van der Waals surface area contributed by atoms with Gasteiger partial charge in [0.15, 0.2) is 0 Å². The lowest BCUT2D eigenvalue weighted by Crippen LogP contribution is -2.54. The number of rotatable bonds is 5. The van der Waals surface area contributed by atoms with Crippen molar-refractivity contribution in [3.05, 3.63) is 71.0 Å². The molecule has 8 heteroatoms. The summed E-state index contributed by atoms with van der Waals surface area (Å²) in [6, 6.07) is 11.9. The zero-order valence-corrected chi connectivity index (χ0v) is 19.2. The largest absolute Gasteiger partial charge is 0.416 e. The van der Waals surface area contributed by atoms with E-state index in [1.54, 1.807) is 13.0 Å². The van der Waals surface area contributed by atoms with Crippen molar-refractivity contribution in [1.29, 1.82) is 0 Å². The predicted molar refractivity (Wildman–Crippen MR) is 121 cm³/mol. The summed E-state index contributed by atoms with van der Waals surface area (Å²) in [6.45, 7) is 4.05. The maximum atomic E-state index is 13.2. The number of amides is 1. The van der Waals surface area contributed by atoms with Crippen LogP contribution in [0.3, 0.4) is 0 Å². The summed E-state index contributed by atoms with van der Waals surface area (Å²) >= 11 is 0. The minimum atomic E-state index is -4.42. The maximum absolute atomic E-state index is 13.2. The van der Waals surface area contributed by atoms with E-state index in [0.29, 0.717) is 24.5 Å². The first-order chi connectivity index (χ1) is 16.1. The molecule has 0 spiro atoms. The molecule has 0 radical (unpaired) electrons. The van der Waals surface area contributed by atoms with E-state index < -0.39 is 17.3 Å². The van der Waals surface area contributed by atoms with Gasteiger partial charge < -0.3 is 10.1 Å². The maximum Gasteiger partial charge on any atom is 0.416 e. The Morgan fingerprint density at radius 1 is 1.12 bits per heavy atom. The van der Waals surface area contributed by atoms with Crippen LogP contribution in [0.2, 0.25) is 0 Å². The lowest BCUT2D eigenvalue weighted by molar-refractivity contribution is -0.157. The summed E-state index contributed by atoms with van der Waals surface area (Å²) in [5.74, 6) is -0.103. The molecule has 2 heterocycles. The first-order valence-corrected chi connectivity index (χ1v) is 11.7. The van der Waals surface area contributed by atoms with Crippen LogP contribution in [0.4, 0.5) is 17.6 Å². The van der Waals surface area contributed by atoms with Crippen LogP contribution in [0.25, 0.3) is 0 Å². The van der Waals surface area contributed by atoms with E-state index in [1.165, 1.54) is 23.8 Å². The number of likely N-dealkylation sites (tertiary alicyclic amines) is 1. The number of nitrogens with zero attached hydrogens (tertiary/aromatic N) is 1. The molecule has 1 N–H and O–H groups in total. The van der Waals surface area contributed by atoms with Gasteiger partial charge in [-0.25, -0.2) is 4.39 Å². The van der Waals surface area contributed by atoms with E-state index in [2.05, 4.69) is 10.2 Å². The molecule has 2 aromatic rings. The summed E-state index contributed by atoms with van der Waals surface area (Å²) < 4.78 is 57.9. The molecule has 1 unspecified atom stereocenters. The molecule has 184 valence electrons. The average Bonchev–Trinajstić information content (AvgIpc) is 2.83.